The summed E-state index contributed by atoms with van der Waals surface area (Å²) in [4.78, 5) is 39.4. The molecule has 0 atom stereocenters. The summed E-state index contributed by atoms with van der Waals surface area (Å²) < 4.78 is 0. The summed E-state index contributed by atoms with van der Waals surface area (Å²) in [6.07, 6.45) is 3.49. The third-order valence-electron chi connectivity index (χ3n) is 7.06. The van der Waals surface area contributed by atoms with Gasteiger partial charge in [-0.3, -0.25) is 19.5 Å². The Bertz CT molecular complexity index is 1460. The molecule has 1 aliphatic heterocycles. The number of rotatable bonds is 5. The maximum atomic E-state index is 13.7. The van der Waals surface area contributed by atoms with Crippen LogP contribution in [0.15, 0.2) is 67.0 Å². The number of pyridine rings is 2. The van der Waals surface area contributed by atoms with Crippen molar-refractivity contribution in [3.05, 3.63) is 89.2 Å². The lowest BCUT2D eigenvalue weighted by molar-refractivity contribution is -0.117. The van der Waals surface area contributed by atoms with Crippen molar-refractivity contribution < 1.29 is 9.59 Å². The summed E-state index contributed by atoms with van der Waals surface area (Å²) >= 11 is 0. The Morgan fingerprint density at radius 3 is 2.51 bits per heavy atom. The molecule has 5 rings (SSSR count). The van der Waals surface area contributed by atoms with Gasteiger partial charge in [0, 0.05) is 55.2 Å². The molecule has 3 heterocycles. The van der Waals surface area contributed by atoms with Gasteiger partial charge in [0.05, 0.1) is 23.3 Å². The van der Waals surface area contributed by atoms with Crippen LogP contribution in [0.3, 0.4) is 0 Å². The molecule has 0 radical (unpaired) electrons. The summed E-state index contributed by atoms with van der Waals surface area (Å²) in [6, 6.07) is 17.6. The van der Waals surface area contributed by atoms with Crippen molar-refractivity contribution in [3.63, 3.8) is 0 Å². The zero-order valence-corrected chi connectivity index (χ0v) is 21.5. The fourth-order valence-corrected chi connectivity index (χ4v) is 4.74. The van der Waals surface area contributed by atoms with Crippen LogP contribution in [0.25, 0.3) is 22.2 Å². The molecule has 0 aliphatic carbocycles. The van der Waals surface area contributed by atoms with E-state index in [0.29, 0.717) is 38.3 Å². The third-order valence-corrected chi connectivity index (χ3v) is 7.06. The number of anilines is 1. The van der Waals surface area contributed by atoms with E-state index in [1.165, 1.54) is 0 Å². The molecular formula is C30H31N5O2. The fourth-order valence-electron chi connectivity index (χ4n) is 4.74. The van der Waals surface area contributed by atoms with Crippen molar-refractivity contribution >= 4 is 28.4 Å². The first-order valence-corrected chi connectivity index (χ1v) is 12.6. The van der Waals surface area contributed by atoms with Gasteiger partial charge in [-0.25, -0.2) is 4.98 Å². The van der Waals surface area contributed by atoms with Crippen LogP contribution in [0, 0.1) is 20.8 Å². The first kappa shape index (κ1) is 24.6. The minimum atomic E-state index is -0.0369. The van der Waals surface area contributed by atoms with Crippen molar-refractivity contribution in [2.45, 2.75) is 20.8 Å². The quantitative estimate of drug-likeness (QED) is 0.439. The molecule has 1 N–H and O–H groups in total. The van der Waals surface area contributed by atoms with E-state index in [9.17, 15) is 9.59 Å². The van der Waals surface area contributed by atoms with Crippen LogP contribution in [0.2, 0.25) is 0 Å². The van der Waals surface area contributed by atoms with Gasteiger partial charge in [-0.05, 0) is 68.3 Å². The van der Waals surface area contributed by atoms with Crippen molar-refractivity contribution in [3.8, 4) is 11.3 Å². The van der Waals surface area contributed by atoms with E-state index in [4.69, 9.17) is 4.98 Å². The molecule has 2 amide bonds. The Morgan fingerprint density at radius 2 is 1.76 bits per heavy atom. The van der Waals surface area contributed by atoms with Gasteiger partial charge in [0.15, 0.2) is 0 Å². The second-order valence-electron chi connectivity index (χ2n) is 9.68. The van der Waals surface area contributed by atoms with E-state index in [2.05, 4.69) is 15.2 Å². The lowest BCUT2D eigenvalue weighted by atomic mass is 10.0. The third kappa shape index (κ3) is 5.37. The van der Waals surface area contributed by atoms with E-state index in [1.54, 1.807) is 12.4 Å². The molecule has 4 aromatic rings. The second kappa shape index (κ2) is 10.5. The Balaban J connectivity index is 1.30. The van der Waals surface area contributed by atoms with Crippen LogP contribution in [0.4, 0.5) is 5.69 Å². The minimum absolute atomic E-state index is 0.0115. The van der Waals surface area contributed by atoms with E-state index in [1.807, 2.05) is 80.3 Å². The predicted molar refractivity (Wildman–Crippen MR) is 147 cm³/mol. The molecule has 0 saturated carbocycles. The Morgan fingerprint density at radius 1 is 0.946 bits per heavy atom. The van der Waals surface area contributed by atoms with Gasteiger partial charge in [-0.2, -0.15) is 0 Å². The summed E-state index contributed by atoms with van der Waals surface area (Å²) in [7, 11) is 0. The Labute approximate surface area is 217 Å². The number of amides is 2. The van der Waals surface area contributed by atoms with Crippen LogP contribution >= 0.6 is 0 Å². The Kier molecular flexibility index (Phi) is 6.97. The summed E-state index contributed by atoms with van der Waals surface area (Å²) in [5.41, 5.74) is 7.20. The number of benzene rings is 2. The van der Waals surface area contributed by atoms with E-state index >= 15 is 0 Å². The number of aromatic nitrogens is 2. The highest BCUT2D eigenvalue weighted by molar-refractivity contribution is 6.07. The normalized spacial score (nSPS) is 14.1. The van der Waals surface area contributed by atoms with E-state index in [0.717, 1.165) is 44.5 Å². The molecular weight excluding hydrogens is 462 g/mol. The monoisotopic (exact) mass is 493 g/mol. The average Bonchev–Trinajstić information content (AvgIpc) is 2.91. The topological polar surface area (TPSA) is 78.4 Å². The first-order chi connectivity index (χ1) is 17.9. The van der Waals surface area contributed by atoms with E-state index in [-0.39, 0.29) is 11.8 Å². The van der Waals surface area contributed by atoms with Crippen LogP contribution in [0.1, 0.15) is 27.0 Å². The number of nitrogens with one attached hydrogen (secondary N) is 1. The molecule has 1 aliphatic rings. The number of nitrogens with zero attached hydrogens (tertiary/aromatic N) is 4. The lowest BCUT2D eigenvalue weighted by Gasteiger charge is -2.34. The summed E-state index contributed by atoms with van der Waals surface area (Å²) in [5.74, 6) is -0.0483. The molecule has 0 unspecified atom stereocenters. The molecule has 2 aromatic carbocycles. The first-order valence-electron chi connectivity index (χ1n) is 12.6. The van der Waals surface area contributed by atoms with Gasteiger partial charge in [-0.15, -0.1) is 0 Å². The largest absolute Gasteiger partial charge is 0.336 e. The number of hydrogen-bond donors (Lipinski definition) is 1. The standard InChI is InChI=1S/C30H31N5O2/c1-20-9-10-27-24(16-20)25(17-28(32-27)23-7-5-11-31-18-23)30(37)35-14-12-34(13-15-35)19-29(36)33-26-8-4-6-21(2)22(26)3/h4-11,16-18H,12-15,19H2,1-3H3,(H,33,36). The maximum Gasteiger partial charge on any atom is 0.254 e. The summed E-state index contributed by atoms with van der Waals surface area (Å²) in [6.45, 7) is 8.78. The zero-order valence-electron chi connectivity index (χ0n) is 21.5. The number of piperazine rings is 1. The lowest BCUT2D eigenvalue weighted by Crippen LogP contribution is -2.50. The highest BCUT2D eigenvalue weighted by atomic mass is 16.2. The smallest absolute Gasteiger partial charge is 0.254 e. The Hall–Kier alpha value is -4.10. The SMILES string of the molecule is Cc1ccc2nc(-c3cccnc3)cc(C(=O)N3CCN(CC(=O)Nc4cccc(C)c4C)CC3)c2c1. The van der Waals surface area contributed by atoms with Gasteiger partial charge in [0.2, 0.25) is 5.91 Å². The van der Waals surface area contributed by atoms with Crippen LogP contribution in [-0.4, -0.2) is 64.3 Å². The van der Waals surface area contributed by atoms with Crippen molar-refractivity contribution in [1.82, 2.24) is 19.8 Å². The van der Waals surface area contributed by atoms with Crippen molar-refractivity contribution in [2.24, 2.45) is 0 Å². The summed E-state index contributed by atoms with van der Waals surface area (Å²) in [5, 5.41) is 3.89. The zero-order chi connectivity index (χ0) is 25.9. The van der Waals surface area contributed by atoms with Gasteiger partial charge in [0.1, 0.15) is 0 Å². The average molecular weight is 494 g/mol. The number of carbonyl (C=O) groups is 2. The van der Waals surface area contributed by atoms with Crippen LogP contribution < -0.4 is 5.32 Å². The molecule has 188 valence electrons. The number of aryl methyl sites for hydroxylation is 2. The highest BCUT2D eigenvalue weighted by Crippen LogP contribution is 2.27. The molecule has 0 bridgehead atoms. The molecule has 37 heavy (non-hydrogen) atoms. The van der Waals surface area contributed by atoms with Crippen molar-refractivity contribution in [2.75, 3.05) is 38.0 Å². The van der Waals surface area contributed by atoms with Gasteiger partial charge in [-0.1, -0.05) is 23.8 Å². The number of hydrogen-bond acceptors (Lipinski definition) is 5. The molecule has 2 aromatic heterocycles. The molecule has 0 spiro atoms. The molecule has 1 saturated heterocycles. The van der Waals surface area contributed by atoms with E-state index < -0.39 is 0 Å². The van der Waals surface area contributed by atoms with Crippen LogP contribution in [-0.2, 0) is 4.79 Å². The number of fused-ring (bicyclic) bond motifs is 1. The molecule has 7 heteroatoms. The van der Waals surface area contributed by atoms with Crippen LogP contribution in [0.5, 0.6) is 0 Å². The predicted octanol–water partition coefficient (Wildman–Crippen LogP) is 4.62. The number of carbonyl (C=O) groups excluding carboxylic acids is 2. The maximum absolute atomic E-state index is 13.7. The van der Waals surface area contributed by atoms with Crippen molar-refractivity contribution in [1.29, 1.82) is 0 Å². The molecule has 1 fully saturated rings. The fraction of sp³-hybridized carbons (Fsp3) is 0.267. The minimum Gasteiger partial charge on any atom is -0.336 e. The van der Waals surface area contributed by atoms with Gasteiger partial charge >= 0.3 is 0 Å². The molecule has 7 nitrogen and oxygen atoms in total. The highest BCUT2D eigenvalue weighted by Gasteiger charge is 2.25. The second-order valence-corrected chi connectivity index (χ2v) is 9.68. The van der Waals surface area contributed by atoms with Gasteiger partial charge < -0.3 is 10.2 Å². The van der Waals surface area contributed by atoms with Gasteiger partial charge in [0.25, 0.3) is 5.91 Å².